The number of hydrogen-bond donors (Lipinski definition) is 0. The predicted molar refractivity (Wildman–Crippen MR) is 65.3 cm³/mol. The minimum Gasteiger partial charge on any atom is -0.339 e. The Morgan fingerprint density at radius 1 is 1.06 bits per heavy atom. The van der Waals surface area contributed by atoms with Gasteiger partial charge in [0, 0.05) is 12.6 Å². The summed E-state index contributed by atoms with van der Waals surface area (Å²) in [5, 5.41) is 0. The van der Waals surface area contributed by atoms with E-state index in [1.54, 1.807) is 0 Å². The van der Waals surface area contributed by atoms with Crippen LogP contribution in [-0.4, -0.2) is 47.9 Å². The van der Waals surface area contributed by atoms with Gasteiger partial charge in [-0.05, 0) is 52.1 Å². The van der Waals surface area contributed by atoms with Crippen LogP contribution in [0.25, 0.3) is 0 Å². The molecule has 0 aromatic heterocycles. The van der Waals surface area contributed by atoms with Gasteiger partial charge in [0.2, 0.25) is 5.91 Å². The molecule has 2 saturated heterocycles. The topological polar surface area (TPSA) is 23.6 Å². The summed E-state index contributed by atoms with van der Waals surface area (Å²) < 4.78 is 0. The van der Waals surface area contributed by atoms with E-state index in [4.69, 9.17) is 0 Å². The third kappa shape index (κ3) is 2.97. The smallest absolute Gasteiger partial charge is 0.236 e. The van der Waals surface area contributed by atoms with Crippen LogP contribution in [0.15, 0.2) is 0 Å². The number of carbonyl (C=O) groups excluding carboxylic acids is 1. The third-order valence-corrected chi connectivity index (χ3v) is 3.93. The Hall–Kier alpha value is -0.570. The summed E-state index contributed by atoms with van der Waals surface area (Å²) in [7, 11) is 0. The van der Waals surface area contributed by atoms with Gasteiger partial charge < -0.3 is 4.90 Å². The molecule has 1 amide bonds. The number of piperidine rings is 2. The first-order valence-electron chi connectivity index (χ1n) is 6.79. The second-order valence-electron chi connectivity index (χ2n) is 5.27. The fourth-order valence-electron chi connectivity index (χ4n) is 2.87. The van der Waals surface area contributed by atoms with Crippen molar-refractivity contribution in [3.63, 3.8) is 0 Å². The first kappa shape index (κ1) is 11.9. The van der Waals surface area contributed by atoms with Crippen molar-refractivity contribution in [3.05, 3.63) is 0 Å². The summed E-state index contributed by atoms with van der Waals surface area (Å²) in [6, 6.07) is 0.464. The number of carbonyl (C=O) groups is 1. The molecule has 0 aliphatic carbocycles. The highest BCUT2D eigenvalue weighted by molar-refractivity contribution is 5.78. The minimum atomic E-state index is 0.356. The first-order chi connectivity index (χ1) is 7.77. The Morgan fingerprint density at radius 3 is 2.44 bits per heavy atom. The maximum atomic E-state index is 12.2. The number of hydrogen-bond acceptors (Lipinski definition) is 2. The lowest BCUT2D eigenvalue weighted by Crippen LogP contribution is -2.47. The second kappa shape index (κ2) is 5.67. The van der Waals surface area contributed by atoms with Gasteiger partial charge in [-0.15, -0.1) is 0 Å². The normalized spacial score (nSPS) is 28.1. The molecular weight excluding hydrogens is 200 g/mol. The lowest BCUT2D eigenvalue weighted by molar-refractivity contribution is -0.135. The maximum Gasteiger partial charge on any atom is 0.236 e. The minimum absolute atomic E-state index is 0.356. The van der Waals surface area contributed by atoms with Crippen LogP contribution in [0.3, 0.4) is 0 Å². The van der Waals surface area contributed by atoms with Crippen LogP contribution in [0.5, 0.6) is 0 Å². The van der Waals surface area contributed by atoms with E-state index in [1.807, 2.05) is 0 Å². The molecule has 0 N–H and O–H groups in total. The Labute approximate surface area is 98.8 Å². The van der Waals surface area contributed by atoms with Gasteiger partial charge in [-0.25, -0.2) is 0 Å². The zero-order chi connectivity index (χ0) is 11.4. The van der Waals surface area contributed by atoms with E-state index in [9.17, 15) is 4.79 Å². The fourth-order valence-corrected chi connectivity index (χ4v) is 2.87. The number of amides is 1. The van der Waals surface area contributed by atoms with Crippen LogP contribution >= 0.6 is 0 Å². The molecule has 0 bridgehead atoms. The monoisotopic (exact) mass is 224 g/mol. The molecule has 1 unspecified atom stereocenters. The molecular formula is C13H24N2O. The second-order valence-corrected chi connectivity index (χ2v) is 5.27. The zero-order valence-corrected chi connectivity index (χ0v) is 10.5. The van der Waals surface area contributed by atoms with Gasteiger partial charge in [0.05, 0.1) is 6.54 Å². The summed E-state index contributed by atoms with van der Waals surface area (Å²) in [5.41, 5.74) is 0. The molecule has 0 aromatic carbocycles. The molecule has 0 radical (unpaired) electrons. The van der Waals surface area contributed by atoms with E-state index in [-0.39, 0.29) is 0 Å². The van der Waals surface area contributed by atoms with Crippen molar-refractivity contribution in [2.75, 3.05) is 26.2 Å². The van der Waals surface area contributed by atoms with Crippen molar-refractivity contribution in [2.24, 2.45) is 0 Å². The Morgan fingerprint density at radius 2 is 1.75 bits per heavy atom. The highest BCUT2D eigenvalue weighted by Gasteiger charge is 2.24. The van der Waals surface area contributed by atoms with E-state index >= 15 is 0 Å². The van der Waals surface area contributed by atoms with Crippen LogP contribution in [0.1, 0.15) is 45.4 Å². The molecule has 2 heterocycles. The summed E-state index contributed by atoms with van der Waals surface area (Å²) in [5.74, 6) is 0.356. The van der Waals surface area contributed by atoms with Gasteiger partial charge in [-0.3, -0.25) is 9.69 Å². The Bertz CT molecular complexity index is 236. The van der Waals surface area contributed by atoms with E-state index < -0.39 is 0 Å². The molecule has 0 spiro atoms. The molecule has 3 nitrogen and oxygen atoms in total. The molecule has 0 saturated carbocycles. The van der Waals surface area contributed by atoms with Crippen LogP contribution in [0.2, 0.25) is 0 Å². The number of rotatable bonds is 2. The summed E-state index contributed by atoms with van der Waals surface area (Å²) >= 11 is 0. The number of likely N-dealkylation sites (tertiary alicyclic amines) is 2. The average molecular weight is 224 g/mol. The molecule has 3 heteroatoms. The van der Waals surface area contributed by atoms with Gasteiger partial charge >= 0.3 is 0 Å². The third-order valence-electron chi connectivity index (χ3n) is 3.93. The average Bonchev–Trinajstić information content (AvgIpc) is 2.31. The zero-order valence-electron chi connectivity index (χ0n) is 10.5. The van der Waals surface area contributed by atoms with Crippen LogP contribution < -0.4 is 0 Å². The molecule has 92 valence electrons. The van der Waals surface area contributed by atoms with Crippen LogP contribution in [0.4, 0.5) is 0 Å². The molecule has 16 heavy (non-hydrogen) atoms. The number of nitrogens with zero attached hydrogens (tertiary/aromatic N) is 2. The molecule has 2 aliphatic heterocycles. The van der Waals surface area contributed by atoms with E-state index in [0.717, 1.165) is 19.6 Å². The first-order valence-corrected chi connectivity index (χ1v) is 6.79. The largest absolute Gasteiger partial charge is 0.339 e. The van der Waals surface area contributed by atoms with Crippen molar-refractivity contribution in [3.8, 4) is 0 Å². The molecule has 1 atom stereocenters. The van der Waals surface area contributed by atoms with Crippen molar-refractivity contribution in [1.82, 2.24) is 9.80 Å². The van der Waals surface area contributed by atoms with Gasteiger partial charge in [0.25, 0.3) is 0 Å². The van der Waals surface area contributed by atoms with E-state index in [0.29, 0.717) is 18.5 Å². The van der Waals surface area contributed by atoms with E-state index in [2.05, 4.69) is 16.7 Å². The summed E-state index contributed by atoms with van der Waals surface area (Å²) in [6.45, 7) is 6.06. The molecule has 2 fully saturated rings. The van der Waals surface area contributed by atoms with Crippen molar-refractivity contribution in [1.29, 1.82) is 0 Å². The standard InChI is InChI=1S/C13H24N2O/c1-12-7-3-6-10-15(12)13(16)11-14-8-4-2-5-9-14/h12H,2-11H2,1H3. The lowest BCUT2D eigenvalue weighted by Gasteiger charge is -2.35. The fraction of sp³-hybridized carbons (Fsp3) is 0.923. The SMILES string of the molecule is CC1CCCCN1C(=O)CN1CCCCC1. The summed E-state index contributed by atoms with van der Waals surface area (Å²) in [6.07, 6.45) is 7.53. The molecule has 2 aliphatic rings. The van der Waals surface area contributed by atoms with Crippen molar-refractivity contribution < 1.29 is 4.79 Å². The highest BCUT2D eigenvalue weighted by Crippen LogP contribution is 2.17. The highest BCUT2D eigenvalue weighted by atomic mass is 16.2. The van der Waals surface area contributed by atoms with Crippen molar-refractivity contribution in [2.45, 2.75) is 51.5 Å². The molecule has 0 aromatic rings. The van der Waals surface area contributed by atoms with Gasteiger partial charge in [0.1, 0.15) is 0 Å². The van der Waals surface area contributed by atoms with Crippen LogP contribution in [-0.2, 0) is 4.79 Å². The van der Waals surface area contributed by atoms with Crippen LogP contribution in [0, 0.1) is 0 Å². The Balaban J connectivity index is 1.81. The van der Waals surface area contributed by atoms with Gasteiger partial charge in [-0.2, -0.15) is 0 Å². The lowest BCUT2D eigenvalue weighted by atomic mass is 10.0. The van der Waals surface area contributed by atoms with Gasteiger partial charge in [0.15, 0.2) is 0 Å². The van der Waals surface area contributed by atoms with Crippen molar-refractivity contribution >= 4 is 5.91 Å². The van der Waals surface area contributed by atoms with Gasteiger partial charge in [-0.1, -0.05) is 6.42 Å². The quantitative estimate of drug-likeness (QED) is 0.715. The maximum absolute atomic E-state index is 12.2. The Kier molecular flexibility index (Phi) is 4.22. The summed E-state index contributed by atoms with van der Waals surface area (Å²) in [4.78, 5) is 16.6. The predicted octanol–water partition coefficient (Wildman–Crippen LogP) is 1.87. The van der Waals surface area contributed by atoms with E-state index in [1.165, 1.54) is 38.5 Å². The molecule has 2 rings (SSSR count).